The van der Waals surface area contributed by atoms with Crippen LogP contribution in [0.3, 0.4) is 0 Å². The fourth-order valence-electron chi connectivity index (χ4n) is 3.10. The van der Waals surface area contributed by atoms with Crippen molar-refractivity contribution in [2.45, 2.75) is 48.0 Å². The lowest BCUT2D eigenvalue weighted by Gasteiger charge is -2.33. The second-order valence-electron chi connectivity index (χ2n) is 6.13. The van der Waals surface area contributed by atoms with E-state index < -0.39 is 18.2 Å². The van der Waals surface area contributed by atoms with Gasteiger partial charge in [-0.1, -0.05) is 11.6 Å². The number of carbonyl (C=O) groups is 2. The van der Waals surface area contributed by atoms with Crippen molar-refractivity contribution in [3.8, 4) is 0 Å². The number of ether oxygens (including phenoxy) is 1. The SMILES string of the molecule is O=C(O)[C@H]1CC[C@@H](C(=O)N2CCC(Sc3ccc(Cl)cc3)CC2)O1. The maximum atomic E-state index is 12.5. The number of likely N-dealkylation sites (tertiary alicyclic amines) is 1. The molecule has 2 atom stereocenters. The molecule has 24 heavy (non-hydrogen) atoms. The molecule has 0 aliphatic carbocycles. The minimum atomic E-state index is -0.983. The number of benzene rings is 1. The lowest BCUT2D eigenvalue weighted by molar-refractivity contribution is -0.155. The molecule has 5 nitrogen and oxygen atoms in total. The van der Waals surface area contributed by atoms with E-state index in [9.17, 15) is 9.59 Å². The average Bonchev–Trinajstić information content (AvgIpc) is 3.07. The van der Waals surface area contributed by atoms with Gasteiger partial charge in [0.15, 0.2) is 6.10 Å². The van der Waals surface area contributed by atoms with E-state index in [1.807, 2.05) is 40.9 Å². The Labute approximate surface area is 150 Å². The zero-order chi connectivity index (χ0) is 17.1. The number of carboxylic acids is 1. The Morgan fingerprint density at radius 1 is 1.08 bits per heavy atom. The van der Waals surface area contributed by atoms with Crippen LogP contribution in [0.15, 0.2) is 29.2 Å². The number of rotatable bonds is 4. The van der Waals surface area contributed by atoms with Gasteiger partial charge in [-0.2, -0.15) is 0 Å². The molecule has 1 N–H and O–H groups in total. The summed E-state index contributed by atoms with van der Waals surface area (Å²) in [5, 5.41) is 10.2. The van der Waals surface area contributed by atoms with E-state index in [0.717, 1.165) is 17.9 Å². The number of halogens is 1. The van der Waals surface area contributed by atoms with Gasteiger partial charge in [-0.15, -0.1) is 11.8 Å². The molecule has 0 unspecified atom stereocenters. The number of piperidine rings is 1. The van der Waals surface area contributed by atoms with Crippen molar-refractivity contribution in [2.24, 2.45) is 0 Å². The Morgan fingerprint density at radius 3 is 2.29 bits per heavy atom. The average molecular weight is 370 g/mol. The number of aliphatic carboxylic acids is 1. The predicted molar refractivity (Wildman–Crippen MR) is 92.4 cm³/mol. The van der Waals surface area contributed by atoms with E-state index in [1.165, 1.54) is 4.90 Å². The quantitative estimate of drug-likeness (QED) is 0.883. The van der Waals surface area contributed by atoms with Gasteiger partial charge in [0.25, 0.3) is 5.91 Å². The van der Waals surface area contributed by atoms with E-state index in [0.29, 0.717) is 31.2 Å². The molecule has 0 spiro atoms. The highest BCUT2D eigenvalue weighted by molar-refractivity contribution is 8.00. The van der Waals surface area contributed by atoms with Crippen molar-refractivity contribution in [2.75, 3.05) is 13.1 Å². The monoisotopic (exact) mass is 369 g/mol. The highest BCUT2D eigenvalue weighted by atomic mass is 35.5. The van der Waals surface area contributed by atoms with Gasteiger partial charge in [-0.3, -0.25) is 4.79 Å². The highest BCUT2D eigenvalue weighted by Gasteiger charge is 2.37. The molecule has 0 aromatic heterocycles. The molecule has 2 fully saturated rings. The lowest BCUT2D eigenvalue weighted by atomic mass is 10.1. The van der Waals surface area contributed by atoms with Crippen LogP contribution < -0.4 is 0 Å². The maximum absolute atomic E-state index is 12.5. The van der Waals surface area contributed by atoms with E-state index in [2.05, 4.69) is 0 Å². The van der Waals surface area contributed by atoms with Crippen LogP contribution in [0.25, 0.3) is 0 Å². The van der Waals surface area contributed by atoms with Gasteiger partial charge in [0.05, 0.1) is 0 Å². The number of carbonyl (C=O) groups excluding carboxylic acids is 1. The third kappa shape index (κ3) is 4.23. The third-order valence-electron chi connectivity index (χ3n) is 4.44. The van der Waals surface area contributed by atoms with E-state index in [4.69, 9.17) is 21.4 Å². The van der Waals surface area contributed by atoms with Crippen molar-refractivity contribution in [1.82, 2.24) is 4.90 Å². The van der Waals surface area contributed by atoms with E-state index >= 15 is 0 Å². The molecule has 2 aliphatic rings. The van der Waals surface area contributed by atoms with Gasteiger partial charge in [-0.05, 0) is 49.9 Å². The molecule has 2 saturated heterocycles. The van der Waals surface area contributed by atoms with Crippen LogP contribution in [0.1, 0.15) is 25.7 Å². The fraction of sp³-hybridized carbons (Fsp3) is 0.529. The van der Waals surface area contributed by atoms with Gasteiger partial charge < -0.3 is 14.7 Å². The van der Waals surface area contributed by atoms with Gasteiger partial charge >= 0.3 is 5.97 Å². The molecular formula is C17H20ClNO4S. The summed E-state index contributed by atoms with van der Waals surface area (Å²) in [6, 6.07) is 7.81. The van der Waals surface area contributed by atoms with Crippen LogP contribution in [-0.4, -0.2) is 52.4 Å². The summed E-state index contributed by atoms with van der Waals surface area (Å²) < 4.78 is 5.36. The predicted octanol–water partition coefficient (Wildman–Crippen LogP) is 3.06. The van der Waals surface area contributed by atoms with Crippen molar-refractivity contribution >= 4 is 35.2 Å². The summed E-state index contributed by atoms with van der Waals surface area (Å²) >= 11 is 7.72. The number of carboxylic acid groups (broad SMARTS) is 1. The van der Waals surface area contributed by atoms with E-state index in [-0.39, 0.29) is 5.91 Å². The first-order chi connectivity index (χ1) is 11.5. The third-order valence-corrected chi connectivity index (χ3v) is 6.04. The first-order valence-electron chi connectivity index (χ1n) is 8.12. The standard InChI is InChI=1S/C17H20ClNO4S/c18-11-1-3-12(4-2-11)24-13-7-9-19(10-8-13)16(20)14-5-6-15(23-14)17(21)22/h1-4,13-15H,5-10H2,(H,21,22)/t14-,15+/m0/s1. The molecular weight excluding hydrogens is 350 g/mol. The number of hydrogen-bond donors (Lipinski definition) is 1. The van der Waals surface area contributed by atoms with Crippen LogP contribution in [-0.2, 0) is 14.3 Å². The number of thioether (sulfide) groups is 1. The van der Waals surface area contributed by atoms with Gasteiger partial charge in [0.2, 0.25) is 0 Å². The maximum Gasteiger partial charge on any atom is 0.332 e. The highest BCUT2D eigenvalue weighted by Crippen LogP contribution is 2.32. The van der Waals surface area contributed by atoms with Gasteiger partial charge in [0, 0.05) is 28.3 Å². The second kappa shape index (κ2) is 7.76. The number of nitrogens with zero attached hydrogens (tertiary/aromatic N) is 1. The Kier molecular flexibility index (Phi) is 5.69. The Bertz CT molecular complexity index is 601. The zero-order valence-electron chi connectivity index (χ0n) is 13.2. The van der Waals surface area contributed by atoms with Crippen molar-refractivity contribution in [3.05, 3.63) is 29.3 Å². The molecule has 3 rings (SSSR count). The molecule has 2 aliphatic heterocycles. The first-order valence-corrected chi connectivity index (χ1v) is 9.38. The molecule has 130 valence electrons. The smallest absolute Gasteiger partial charge is 0.332 e. The van der Waals surface area contributed by atoms with Crippen LogP contribution in [0.5, 0.6) is 0 Å². The van der Waals surface area contributed by atoms with Crippen LogP contribution in [0.2, 0.25) is 5.02 Å². The Balaban J connectivity index is 1.47. The lowest BCUT2D eigenvalue weighted by Crippen LogP contribution is -2.44. The minimum Gasteiger partial charge on any atom is -0.479 e. The van der Waals surface area contributed by atoms with Gasteiger partial charge in [-0.25, -0.2) is 4.79 Å². The summed E-state index contributed by atoms with van der Waals surface area (Å²) in [5.41, 5.74) is 0. The minimum absolute atomic E-state index is 0.0614. The van der Waals surface area contributed by atoms with Crippen molar-refractivity contribution in [1.29, 1.82) is 0 Å². The normalized spacial score (nSPS) is 25.0. The number of hydrogen-bond acceptors (Lipinski definition) is 4. The largest absolute Gasteiger partial charge is 0.479 e. The van der Waals surface area contributed by atoms with Crippen LogP contribution in [0, 0.1) is 0 Å². The molecule has 0 bridgehead atoms. The van der Waals surface area contributed by atoms with Crippen molar-refractivity contribution < 1.29 is 19.4 Å². The van der Waals surface area contributed by atoms with Crippen molar-refractivity contribution in [3.63, 3.8) is 0 Å². The summed E-state index contributed by atoms with van der Waals surface area (Å²) in [5.74, 6) is -1.04. The molecule has 0 saturated carbocycles. The van der Waals surface area contributed by atoms with Crippen LogP contribution in [0.4, 0.5) is 0 Å². The molecule has 0 radical (unpaired) electrons. The second-order valence-corrected chi connectivity index (χ2v) is 7.94. The molecule has 1 aromatic carbocycles. The topological polar surface area (TPSA) is 66.8 Å². The Hall–Kier alpha value is -1.24. The first kappa shape index (κ1) is 17.6. The summed E-state index contributed by atoms with van der Waals surface area (Å²) in [6.45, 7) is 1.39. The fourth-order valence-corrected chi connectivity index (χ4v) is 4.35. The molecule has 7 heteroatoms. The summed E-state index contributed by atoms with van der Waals surface area (Å²) in [4.78, 5) is 26.4. The summed E-state index contributed by atoms with van der Waals surface area (Å²) in [7, 11) is 0. The molecule has 2 heterocycles. The number of amides is 1. The summed E-state index contributed by atoms with van der Waals surface area (Å²) in [6.07, 6.45) is 1.33. The van der Waals surface area contributed by atoms with E-state index in [1.54, 1.807) is 0 Å². The zero-order valence-corrected chi connectivity index (χ0v) is 14.8. The molecule has 1 amide bonds. The van der Waals surface area contributed by atoms with Gasteiger partial charge in [0.1, 0.15) is 6.10 Å². The van der Waals surface area contributed by atoms with Crippen LogP contribution >= 0.6 is 23.4 Å². The molecule has 1 aromatic rings. The Morgan fingerprint density at radius 2 is 1.71 bits per heavy atom.